The third-order valence-corrected chi connectivity index (χ3v) is 8.07. The number of methoxy groups -OCH3 is 2. The number of amides is 1. The average molecular weight is 584 g/mol. The van der Waals surface area contributed by atoms with Crippen molar-refractivity contribution in [3.05, 3.63) is 118 Å². The van der Waals surface area contributed by atoms with E-state index >= 15 is 0 Å². The highest BCUT2D eigenvalue weighted by atomic mass is 32.2. The Kier molecular flexibility index (Phi) is 8.97. The van der Waals surface area contributed by atoms with Crippen molar-refractivity contribution in [2.24, 2.45) is 4.99 Å². The monoisotopic (exact) mass is 583 g/mol. The molecule has 0 aliphatic carbocycles. The van der Waals surface area contributed by atoms with E-state index in [2.05, 4.69) is 0 Å². The second-order valence-corrected chi connectivity index (χ2v) is 10.8. The van der Waals surface area contributed by atoms with Gasteiger partial charge in [0.1, 0.15) is 6.61 Å². The lowest BCUT2D eigenvalue weighted by molar-refractivity contribution is -0.141. The second kappa shape index (κ2) is 13.0. The molecule has 0 spiro atoms. The van der Waals surface area contributed by atoms with Crippen LogP contribution in [0.2, 0.25) is 0 Å². The van der Waals surface area contributed by atoms with Gasteiger partial charge in [0.2, 0.25) is 5.91 Å². The zero-order chi connectivity index (χ0) is 29.6. The van der Waals surface area contributed by atoms with Gasteiger partial charge in [0.25, 0.3) is 0 Å². The Morgan fingerprint density at radius 2 is 1.60 bits per heavy atom. The van der Waals surface area contributed by atoms with Gasteiger partial charge in [0.15, 0.2) is 16.7 Å². The van der Waals surface area contributed by atoms with Crippen LogP contribution in [0, 0.1) is 0 Å². The van der Waals surface area contributed by atoms with E-state index in [1.165, 1.54) is 11.8 Å². The summed E-state index contributed by atoms with van der Waals surface area (Å²) in [5.74, 6) is 0.592. The van der Waals surface area contributed by atoms with Gasteiger partial charge in [-0.1, -0.05) is 78.5 Å². The number of carbonyl (C=O) groups is 2. The van der Waals surface area contributed by atoms with Crippen LogP contribution in [0.5, 0.6) is 11.5 Å². The summed E-state index contributed by atoms with van der Waals surface area (Å²) >= 11 is 1.44. The highest BCUT2D eigenvalue weighted by Crippen LogP contribution is 2.46. The van der Waals surface area contributed by atoms with Crippen molar-refractivity contribution < 1.29 is 23.8 Å². The van der Waals surface area contributed by atoms with Crippen LogP contribution < -0.4 is 9.47 Å². The van der Waals surface area contributed by atoms with Crippen molar-refractivity contribution >= 4 is 28.8 Å². The van der Waals surface area contributed by atoms with Gasteiger partial charge in [-0.25, -0.2) is 9.79 Å². The van der Waals surface area contributed by atoms with Crippen LogP contribution in [0.1, 0.15) is 36.1 Å². The molecule has 0 fully saturated rings. The molecule has 3 aromatic carbocycles. The third-order valence-electron chi connectivity index (χ3n) is 7.18. The fraction of sp³-hybridized carbons (Fsp3) is 0.242. The Morgan fingerprint density at radius 1 is 0.929 bits per heavy atom. The first-order valence-corrected chi connectivity index (χ1v) is 14.4. The fourth-order valence-corrected chi connectivity index (χ4v) is 5.97. The molecular formula is C33H33N3O5S. The summed E-state index contributed by atoms with van der Waals surface area (Å²) in [4.78, 5) is 35.6. The van der Waals surface area contributed by atoms with Crippen LogP contribution in [-0.2, 0) is 27.5 Å². The third kappa shape index (κ3) is 6.21. The molecule has 0 bridgehead atoms. The Hall–Kier alpha value is -4.50. The predicted octanol–water partition coefficient (Wildman–Crippen LogP) is 6.07. The molecular weight excluding hydrogens is 550 g/mol. The van der Waals surface area contributed by atoms with E-state index in [0.29, 0.717) is 34.5 Å². The number of allylic oxidation sites excluding steroid dienone is 1. The molecule has 0 N–H and O–H groups in total. The number of hydrogen-bond acceptors (Lipinski definition) is 8. The van der Waals surface area contributed by atoms with Crippen molar-refractivity contribution in [3.8, 4) is 11.5 Å². The number of fused-ring (bicyclic) bond motifs is 1. The van der Waals surface area contributed by atoms with Crippen LogP contribution in [0.4, 0.5) is 0 Å². The maximum absolute atomic E-state index is 13.7. The molecule has 42 heavy (non-hydrogen) atoms. The highest BCUT2D eigenvalue weighted by molar-refractivity contribution is 8.16. The van der Waals surface area contributed by atoms with Crippen LogP contribution in [0.15, 0.2) is 106 Å². The maximum Gasteiger partial charge on any atom is 0.338 e. The molecule has 0 saturated heterocycles. The Balaban J connectivity index is 1.46. The van der Waals surface area contributed by atoms with Crippen LogP contribution in [-0.4, -0.2) is 48.1 Å². The van der Waals surface area contributed by atoms with Gasteiger partial charge in [-0.3, -0.25) is 4.79 Å². The summed E-state index contributed by atoms with van der Waals surface area (Å²) in [6, 6.07) is 24.4. The van der Waals surface area contributed by atoms with E-state index < -0.39 is 12.0 Å². The highest BCUT2D eigenvalue weighted by Gasteiger charge is 2.41. The summed E-state index contributed by atoms with van der Waals surface area (Å²) in [5, 5.41) is 2.63. The lowest BCUT2D eigenvalue weighted by atomic mass is 9.93. The zero-order valence-electron chi connectivity index (χ0n) is 24.1. The molecule has 2 aliphatic heterocycles. The maximum atomic E-state index is 13.7. The van der Waals surface area contributed by atoms with Crippen molar-refractivity contribution in [1.29, 1.82) is 0 Å². The number of thioether (sulfide) groups is 1. The molecule has 1 amide bonds. The van der Waals surface area contributed by atoms with Crippen molar-refractivity contribution in [3.63, 3.8) is 0 Å². The molecule has 9 heteroatoms. The number of ether oxygens (including phenoxy) is 3. The van der Waals surface area contributed by atoms with E-state index in [1.54, 1.807) is 26.2 Å². The van der Waals surface area contributed by atoms with Gasteiger partial charge in [0, 0.05) is 19.3 Å². The minimum absolute atomic E-state index is 0.0440. The molecule has 216 valence electrons. The number of carbonyl (C=O) groups excluding carboxylic acids is 2. The van der Waals surface area contributed by atoms with Crippen molar-refractivity contribution in [2.45, 2.75) is 32.5 Å². The van der Waals surface area contributed by atoms with E-state index in [9.17, 15) is 9.59 Å². The largest absolute Gasteiger partial charge is 0.493 e. The number of hydrogen-bond donors (Lipinski definition) is 0. The minimum atomic E-state index is -0.589. The fourth-order valence-electron chi connectivity index (χ4n) is 5.01. The first-order valence-electron chi connectivity index (χ1n) is 13.5. The van der Waals surface area contributed by atoms with Crippen LogP contribution >= 0.6 is 11.8 Å². The van der Waals surface area contributed by atoms with E-state index in [1.807, 2.05) is 96.1 Å². The normalized spacial score (nSPS) is 15.9. The standard InChI is InChI=1S/C33H33N3O5S/c1-22-30(32(38)41-20-24-13-9-6-10-14-24)31(25-15-16-27(39-3)28(17-25)40-4)36-26(21-42-33(36)34-22)18-29(37)35(2)19-23-11-7-5-8-12-23/h5-17,21,31H,18-20H2,1-4H3/t31-/m1/s1. The lowest BCUT2D eigenvalue weighted by Gasteiger charge is -2.36. The molecule has 1 atom stereocenters. The van der Waals surface area contributed by atoms with Crippen molar-refractivity contribution in [2.75, 3.05) is 21.3 Å². The molecule has 2 heterocycles. The molecule has 0 radical (unpaired) electrons. The topological polar surface area (TPSA) is 80.7 Å². The average Bonchev–Trinajstić information content (AvgIpc) is 3.41. The van der Waals surface area contributed by atoms with E-state index in [4.69, 9.17) is 19.2 Å². The van der Waals surface area contributed by atoms with Gasteiger partial charge in [-0.15, -0.1) is 0 Å². The molecule has 0 aromatic heterocycles. The second-order valence-electron chi connectivity index (χ2n) is 9.98. The summed E-state index contributed by atoms with van der Waals surface area (Å²) < 4.78 is 16.9. The van der Waals surface area contributed by atoms with E-state index in [0.717, 1.165) is 22.4 Å². The van der Waals surface area contributed by atoms with Crippen molar-refractivity contribution in [1.82, 2.24) is 9.80 Å². The SMILES string of the molecule is COc1ccc([C@@H]2C(C(=O)OCc3ccccc3)=C(C)N=C3SC=C(CC(=O)N(C)Cc4ccccc4)N32)cc1OC. The molecule has 2 aliphatic rings. The van der Waals surface area contributed by atoms with Crippen LogP contribution in [0.25, 0.3) is 0 Å². The summed E-state index contributed by atoms with van der Waals surface area (Å²) in [7, 11) is 4.95. The van der Waals surface area contributed by atoms with Gasteiger partial charge < -0.3 is 24.0 Å². The Morgan fingerprint density at radius 3 is 2.26 bits per heavy atom. The predicted molar refractivity (Wildman–Crippen MR) is 164 cm³/mol. The summed E-state index contributed by atoms with van der Waals surface area (Å²) in [5.41, 5.74) is 4.44. The zero-order valence-corrected chi connectivity index (χ0v) is 24.9. The van der Waals surface area contributed by atoms with Gasteiger partial charge >= 0.3 is 5.97 Å². The van der Waals surface area contributed by atoms with E-state index in [-0.39, 0.29) is 18.9 Å². The van der Waals surface area contributed by atoms with Gasteiger partial charge in [-0.2, -0.15) is 0 Å². The summed E-state index contributed by atoms with van der Waals surface area (Å²) in [6.45, 7) is 2.44. The number of rotatable bonds is 10. The molecule has 0 unspecified atom stereocenters. The first-order chi connectivity index (χ1) is 20.4. The number of amidine groups is 1. The number of benzene rings is 3. The number of esters is 1. The number of aliphatic imine (C=N–C) groups is 1. The first kappa shape index (κ1) is 29.0. The van der Waals surface area contributed by atoms with Gasteiger partial charge in [-0.05, 0) is 41.2 Å². The summed E-state index contributed by atoms with van der Waals surface area (Å²) in [6.07, 6.45) is 0.143. The lowest BCUT2D eigenvalue weighted by Crippen LogP contribution is -2.38. The van der Waals surface area contributed by atoms with Crippen LogP contribution in [0.3, 0.4) is 0 Å². The molecule has 8 nitrogen and oxygen atoms in total. The molecule has 3 aromatic rings. The smallest absolute Gasteiger partial charge is 0.338 e. The molecule has 0 saturated carbocycles. The number of nitrogens with zero attached hydrogens (tertiary/aromatic N) is 3. The Labute approximate surface area is 250 Å². The van der Waals surface area contributed by atoms with Gasteiger partial charge in [0.05, 0.1) is 38.0 Å². The minimum Gasteiger partial charge on any atom is -0.493 e. The molecule has 5 rings (SSSR count). The Bertz CT molecular complexity index is 1550. The quantitative estimate of drug-likeness (QED) is 0.268.